The summed E-state index contributed by atoms with van der Waals surface area (Å²) >= 11 is 6.30. The van der Waals surface area contributed by atoms with Gasteiger partial charge in [-0.05, 0) is 42.9 Å². The first-order chi connectivity index (χ1) is 10.2. The normalized spacial score (nSPS) is 14.1. The molecule has 1 rings (SSSR count). The van der Waals surface area contributed by atoms with Crippen LogP contribution in [0.5, 0.6) is 0 Å². The van der Waals surface area contributed by atoms with Crippen molar-refractivity contribution in [2.45, 2.75) is 19.8 Å². The number of rotatable bonds is 11. The highest BCUT2D eigenvalue weighted by atomic mass is 35.5. The minimum Gasteiger partial charge on any atom is -0.385 e. The van der Waals surface area contributed by atoms with Crippen molar-refractivity contribution in [3.8, 4) is 0 Å². The van der Waals surface area contributed by atoms with E-state index in [2.05, 4.69) is 24.4 Å². The van der Waals surface area contributed by atoms with E-state index in [1.54, 1.807) is 14.2 Å². The highest BCUT2D eigenvalue weighted by Gasteiger charge is 2.18. The molecule has 1 aromatic carbocycles. The minimum atomic E-state index is 0.539. The van der Waals surface area contributed by atoms with E-state index in [9.17, 15) is 0 Å². The van der Waals surface area contributed by atoms with Crippen LogP contribution in [0, 0.1) is 11.8 Å². The van der Waals surface area contributed by atoms with Gasteiger partial charge in [-0.15, -0.1) is 0 Å². The second-order valence-corrected chi connectivity index (χ2v) is 5.92. The summed E-state index contributed by atoms with van der Waals surface area (Å²) in [6.07, 6.45) is 2.06. The molecule has 0 aliphatic heterocycles. The van der Waals surface area contributed by atoms with Crippen molar-refractivity contribution in [1.82, 2.24) is 5.32 Å². The maximum absolute atomic E-state index is 6.30. The number of halogens is 1. The van der Waals surface area contributed by atoms with Crippen molar-refractivity contribution < 1.29 is 9.47 Å². The van der Waals surface area contributed by atoms with Crippen LogP contribution in [0.25, 0.3) is 0 Å². The van der Waals surface area contributed by atoms with Gasteiger partial charge in [0.2, 0.25) is 0 Å². The van der Waals surface area contributed by atoms with Crippen LogP contribution < -0.4 is 5.32 Å². The molecule has 2 unspecified atom stereocenters. The summed E-state index contributed by atoms with van der Waals surface area (Å²) in [5.41, 5.74) is 1.22. The molecule has 3 nitrogen and oxygen atoms in total. The van der Waals surface area contributed by atoms with Gasteiger partial charge in [0, 0.05) is 32.4 Å². The van der Waals surface area contributed by atoms with Gasteiger partial charge in [0.15, 0.2) is 0 Å². The van der Waals surface area contributed by atoms with E-state index < -0.39 is 0 Å². The fraction of sp³-hybridized carbons (Fsp3) is 0.647. The smallest absolute Gasteiger partial charge is 0.0587 e. The lowest BCUT2D eigenvalue weighted by Crippen LogP contribution is -2.31. The van der Waals surface area contributed by atoms with Crippen LogP contribution >= 0.6 is 11.6 Å². The van der Waals surface area contributed by atoms with Gasteiger partial charge in [-0.2, -0.15) is 0 Å². The van der Waals surface area contributed by atoms with Crippen molar-refractivity contribution in [1.29, 1.82) is 0 Å². The Morgan fingerprint density at radius 3 is 2.52 bits per heavy atom. The number of methoxy groups -OCH3 is 2. The van der Waals surface area contributed by atoms with Crippen molar-refractivity contribution in [3.63, 3.8) is 0 Å². The maximum atomic E-state index is 6.30. The molecule has 0 spiro atoms. The lowest BCUT2D eigenvalue weighted by molar-refractivity contribution is 0.161. The molecule has 120 valence electrons. The Kier molecular flexibility index (Phi) is 9.68. The maximum Gasteiger partial charge on any atom is 0.0587 e. The quantitative estimate of drug-likeness (QED) is 0.635. The Morgan fingerprint density at radius 2 is 1.86 bits per heavy atom. The molecule has 0 saturated carbocycles. The van der Waals surface area contributed by atoms with E-state index in [1.807, 2.05) is 12.1 Å². The van der Waals surface area contributed by atoms with Crippen LogP contribution in [0.1, 0.15) is 18.9 Å². The number of nitrogens with one attached hydrogen (secondary N) is 1. The van der Waals surface area contributed by atoms with Crippen molar-refractivity contribution in [2.75, 3.05) is 40.5 Å². The van der Waals surface area contributed by atoms with Crippen LogP contribution in [0.15, 0.2) is 24.3 Å². The molecule has 1 N–H and O–H groups in total. The molecule has 2 atom stereocenters. The Balaban J connectivity index is 2.59. The summed E-state index contributed by atoms with van der Waals surface area (Å²) in [7, 11) is 3.48. The predicted molar refractivity (Wildman–Crippen MR) is 89.0 cm³/mol. The molecular formula is C17H28ClNO2. The predicted octanol–water partition coefficient (Wildman–Crippen LogP) is 3.41. The van der Waals surface area contributed by atoms with Gasteiger partial charge in [-0.25, -0.2) is 0 Å². The second kappa shape index (κ2) is 11.0. The van der Waals surface area contributed by atoms with Crippen LogP contribution in [0.4, 0.5) is 0 Å². The summed E-state index contributed by atoms with van der Waals surface area (Å²) in [4.78, 5) is 0. The SMILES string of the molecule is COCCNCC(Cc1ccccc1Cl)C(C)CCOC. The summed E-state index contributed by atoms with van der Waals surface area (Å²) < 4.78 is 10.3. The fourth-order valence-electron chi connectivity index (χ4n) is 2.42. The highest BCUT2D eigenvalue weighted by Crippen LogP contribution is 2.24. The fourth-order valence-corrected chi connectivity index (χ4v) is 2.63. The monoisotopic (exact) mass is 313 g/mol. The molecule has 0 fully saturated rings. The van der Waals surface area contributed by atoms with E-state index in [0.29, 0.717) is 11.8 Å². The first-order valence-electron chi connectivity index (χ1n) is 7.61. The summed E-state index contributed by atoms with van der Waals surface area (Å²) in [6, 6.07) is 8.11. The zero-order valence-electron chi connectivity index (χ0n) is 13.4. The minimum absolute atomic E-state index is 0.539. The molecule has 0 bridgehead atoms. The van der Waals surface area contributed by atoms with Gasteiger partial charge in [-0.1, -0.05) is 36.7 Å². The third-order valence-electron chi connectivity index (χ3n) is 3.91. The number of hydrogen-bond acceptors (Lipinski definition) is 3. The van der Waals surface area contributed by atoms with Crippen LogP contribution in [0.2, 0.25) is 5.02 Å². The Bertz CT molecular complexity index is 387. The van der Waals surface area contributed by atoms with Gasteiger partial charge in [-0.3, -0.25) is 0 Å². The van der Waals surface area contributed by atoms with Crippen LogP contribution in [-0.4, -0.2) is 40.5 Å². The summed E-state index contributed by atoms with van der Waals surface area (Å²) in [5.74, 6) is 1.12. The largest absolute Gasteiger partial charge is 0.385 e. The molecule has 4 heteroatoms. The lowest BCUT2D eigenvalue weighted by Gasteiger charge is -2.25. The number of hydrogen-bond donors (Lipinski definition) is 1. The summed E-state index contributed by atoms with van der Waals surface area (Å²) in [6.45, 7) is 5.69. The van der Waals surface area contributed by atoms with E-state index in [0.717, 1.165) is 44.2 Å². The third kappa shape index (κ3) is 7.28. The van der Waals surface area contributed by atoms with E-state index >= 15 is 0 Å². The molecule has 0 saturated heterocycles. The average Bonchev–Trinajstić information content (AvgIpc) is 2.49. The Hall–Kier alpha value is -0.610. The van der Waals surface area contributed by atoms with Gasteiger partial charge in [0.1, 0.15) is 0 Å². The third-order valence-corrected chi connectivity index (χ3v) is 4.28. The Morgan fingerprint density at radius 1 is 1.14 bits per heavy atom. The molecule has 0 aromatic heterocycles. The van der Waals surface area contributed by atoms with Crippen molar-refractivity contribution in [3.05, 3.63) is 34.9 Å². The molecule has 0 aliphatic carbocycles. The van der Waals surface area contributed by atoms with E-state index in [-0.39, 0.29) is 0 Å². The van der Waals surface area contributed by atoms with Gasteiger partial charge < -0.3 is 14.8 Å². The summed E-state index contributed by atoms with van der Waals surface area (Å²) in [5, 5.41) is 4.33. The zero-order chi connectivity index (χ0) is 15.5. The van der Waals surface area contributed by atoms with Gasteiger partial charge >= 0.3 is 0 Å². The standard InChI is InChI=1S/C17H28ClNO2/c1-14(8-10-20-2)16(13-19-9-11-21-3)12-15-6-4-5-7-17(15)18/h4-7,14,16,19H,8-13H2,1-3H3. The number of ether oxygens (including phenoxy) is 2. The van der Waals surface area contributed by atoms with Crippen LogP contribution in [-0.2, 0) is 15.9 Å². The average molecular weight is 314 g/mol. The molecule has 0 radical (unpaired) electrons. The topological polar surface area (TPSA) is 30.5 Å². The molecular weight excluding hydrogens is 286 g/mol. The second-order valence-electron chi connectivity index (χ2n) is 5.51. The van der Waals surface area contributed by atoms with Gasteiger partial charge in [0.05, 0.1) is 6.61 Å². The zero-order valence-corrected chi connectivity index (χ0v) is 14.2. The molecule has 0 heterocycles. The molecule has 1 aromatic rings. The van der Waals surface area contributed by atoms with Crippen molar-refractivity contribution in [2.24, 2.45) is 11.8 Å². The molecule has 0 aliphatic rings. The number of benzene rings is 1. The van der Waals surface area contributed by atoms with Gasteiger partial charge in [0.25, 0.3) is 0 Å². The highest BCUT2D eigenvalue weighted by molar-refractivity contribution is 6.31. The van der Waals surface area contributed by atoms with E-state index in [4.69, 9.17) is 21.1 Å². The van der Waals surface area contributed by atoms with E-state index in [1.165, 1.54) is 5.56 Å². The molecule has 21 heavy (non-hydrogen) atoms. The molecule has 0 amide bonds. The lowest BCUT2D eigenvalue weighted by atomic mass is 9.86. The first kappa shape index (κ1) is 18.4. The van der Waals surface area contributed by atoms with Crippen LogP contribution in [0.3, 0.4) is 0 Å². The van der Waals surface area contributed by atoms with Crippen molar-refractivity contribution >= 4 is 11.6 Å². The first-order valence-corrected chi connectivity index (χ1v) is 7.98. The Labute approximate surface area is 134 Å².